The van der Waals surface area contributed by atoms with E-state index in [2.05, 4.69) is 39.8 Å². The quantitative estimate of drug-likeness (QED) is 0.370. The van der Waals surface area contributed by atoms with Crippen LogP contribution in [0.2, 0.25) is 0 Å². The maximum atomic E-state index is 13.6. The molecule has 0 radical (unpaired) electrons. The Morgan fingerprint density at radius 2 is 1.57 bits per heavy atom. The Morgan fingerprint density at radius 3 is 2.26 bits per heavy atom. The van der Waals surface area contributed by atoms with Gasteiger partial charge in [0.25, 0.3) is 0 Å². The van der Waals surface area contributed by atoms with Crippen LogP contribution >= 0.6 is 0 Å². The number of aliphatic carboxylic acids is 1. The highest BCUT2D eigenvalue weighted by molar-refractivity contribution is 5.93. The standard InChI is InChI=1S/C34H35N3O5/c38-30(36-34(31(39)40)14-15-37(21-34)19-22-8-2-1-3-9-22)33-17-23(33)16-24(18-33)35-32(41)42-20-29-27-12-6-4-10-25(27)26-11-5-7-13-28(26)29/h1-13,23-24,29H,14-21H2,(H,35,41)(H,36,38)(H,39,40)/t23-,24+,33+,34?/m0/s1. The summed E-state index contributed by atoms with van der Waals surface area (Å²) in [5.41, 5.74) is 3.87. The van der Waals surface area contributed by atoms with Gasteiger partial charge in [0.2, 0.25) is 5.91 Å². The summed E-state index contributed by atoms with van der Waals surface area (Å²) in [7, 11) is 0. The maximum absolute atomic E-state index is 13.6. The summed E-state index contributed by atoms with van der Waals surface area (Å²) in [6.07, 6.45) is 1.80. The van der Waals surface area contributed by atoms with Crippen LogP contribution in [-0.4, -0.2) is 59.3 Å². The fourth-order valence-electron chi connectivity index (χ4n) is 7.63. The number of likely N-dealkylation sites (tertiary alicyclic amines) is 1. The predicted molar refractivity (Wildman–Crippen MR) is 157 cm³/mol. The van der Waals surface area contributed by atoms with Crippen molar-refractivity contribution in [1.82, 2.24) is 15.5 Å². The fraction of sp³-hybridized carbons (Fsp3) is 0.382. The van der Waals surface area contributed by atoms with E-state index in [9.17, 15) is 19.5 Å². The number of nitrogens with one attached hydrogen (secondary N) is 2. The van der Waals surface area contributed by atoms with Crippen molar-refractivity contribution < 1.29 is 24.2 Å². The molecule has 42 heavy (non-hydrogen) atoms. The van der Waals surface area contributed by atoms with Crippen LogP contribution in [-0.2, 0) is 20.9 Å². The number of amides is 2. The molecule has 2 amide bonds. The van der Waals surface area contributed by atoms with Gasteiger partial charge in [-0.1, -0.05) is 78.9 Å². The van der Waals surface area contributed by atoms with Crippen molar-refractivity contribution in [2.45, 2.75) is 49.7 Å². The topological polar surface area (TPSA) is 108 Å². The summed E-state index contributed by atoms with van der Waals surface area (Å²) >= 11 is 0. The zero-order valence-electron chi connectivity index (χ0n) is 23.4. The number of benzene rings is 3. The van der Waals surface area contributed by atoms with Crippen LogP contribution in [0.1, 0.15) is 48.3 Å². The largest absolute Gasteiger partial charge is 0.479 e. The number of fused-ring (bicyclic) bond motifs is 4. The zero-order chi connectivity index (χ0) is 28.9. The molecule has 8 heteroatoms. The first-order valence-corrected chi connectivity index (χ1v) is 14.8. The molecule has 3 fully saturated rings. The second kappa shape index (κ2) is 10.3. The monoisotopic (exact) mass is 565 g/mol. The number of alkyl carbamates (subject to hydrolysis) is 1. The highest BCUT2D eigenvalue weighted by Gasteiger charge is 2.66. The van der Waals surface area contributed by atoms with Gasteiger partial charge in [-0.05, 0) is 59.4 Å². The average molecular weight is 566 g/mol. The zero-order valence-corrected chi connectivity index (χ0v) is 23.4. The summed E-state index contributed by atoms with van der Waals surface area (Å²) in [6, 6.07) is 26.2. The summed E-state index contributed by atoms with van der Waals surface area (Å²) in [6.45, 7) is 1.75. The molecular formula is C34H35N3O5. The molecule has 0 bridgehead atoms. The van der Waals surface area contributed by atoms with E-state index in [1.54, 1.807) is 0 Å². The molecule has 0 aromatic heterocycles. The van der Waals surface area contributed by atoms with Gasteiger partial charge in [-0.15, -0.1) is 0 Å². The summed E-state index contributed by atoms with van der Waals surface area (Å²) in [5.74, 6) is -1.07. The smallest absolute Gasteiger partial charge is 0.407 e. The maximum Gasteiger partial charge on any atom is 0.407 e. The van der Waals surface area contributed by atoms with E-state index in [1.165, 1.54) is 11.1 Å². The minimum atomic E-state index is -1.30. The summed E-state index contributed by atoms with van der Waals surface area (Å²) in [4.78, 5) is 40.9. The molecule has 4 aliphatic rings. The number of carboxylic acids is 1. The molecule has 1 saturated heterocycles. The van der Waals surface area contributed by atoms with Gasteiger partial charge in [-0.3, -0.25) is 9.69 Å². The van der Waals surface area contributed by atoms with Crippen LogP contribution in [0.4, 0.5) is 4.79 Å². The lowest BCUT2D eigenvalue weighted by atomic mass is 9.94. The van der Waals surface area contributed by atoms with E-state index in [1.807, 2.05) is 54.6 Å². The minimum absolute atomic E-state index is 0.0164. The normalized spacial score (nSPS) is 27.5. The molecule has 3 aromatic carbocycles. The number of hydrogen-bond donors (Lipinski definition) is 3. The van der Waals surface area contributed by atoms with Gasteiger partial charge >= 0.3 is 12.1 Å². The van der Waals surface area contributed by atoms with Gasteiger partial charge < -0.3 is 20.5 Å². The van der Waals surface area contributed by atoms with Gasteiger partial charge in [-0.25, -0.2) is 9.59 Å². The molecule has 4 atom stereocenters. The SMILES string of the molecule is O=C(N[C@@H]1C[C@H]2C[C@@]2(C(=O)NC2(C(=O)O)CCN(Cc3ccccc3)C2)C1)OCC1c2ccccc2-c2ccccc21. The third-order valence-electron chi connectivity index (χ3n) is 9.89. The van der Waals surface area contributed by atoms with Crippen molar-refractivity contribution in [3.8, 4) is 11.1 Å². The second-order valence-corrected chi connectivity index (χ2v) is 12.5. The lowest BCUT2D eigenvalue weighted by molar-refractivity contribution is -0.148. The van der Waals surface area contributed by atoms with Crippen molar-refractivity contribution in [2.24, 2.45) is 11.3 Å². The van der Waals surface area contributed by atoms with E-state index in [0.29, 0.717) is 32.4 Å². The molecule has 216 valence electrons. The molecule has 1 heterocycles. The van der Waals surface area contributed by atoms with E-state index in [0.717, 1.165) is 23.1 Å². The van der Waals surface area contributed by atoms with Crippen molar-refractivity contribution >= 4 is 18.0 Å². The van der Waals surface area contributed by atoms with Crippen molar-refractivity contribution in [3.05, 3.63) is 95.6 Å². The number of ether oxygens (including phenoxy) is 1. The Balaban J connectivity index is 0.947. The average Bonchev–Trinajstić information content (AvgIpc) is 3.25. The predicted octanol–water partition coefficient (Wildman–Crippen LogP) is 4.54. The Bertz CT molecular complexity index is 1500. The lowest BCUT2D eigenvalue weighted by Gasteiger charge is -2.29. The second-order valence-electron chi connectivity index (χ2n) is 12.5. The number of rotatable bonds is 8. The first-order valence-electron chi connectivity index (χ1n) is 14.8. The van der Waals surface area contributed by atoms with Crippen LogP contribution in [0.5, 0.6) is 0 Å². The van der Waals surface area contributed by atoms with E-state index >= 15 is 0 Å². The highest BCUT2D eigenvalue weighted by Crippen LogP contribution is 2.63. The van der Waals surface area contributed by atoms with E-state index in [4.69, 9.17) is 4.74 Å². The molecule has 1 aliphatic heterocycles. The van der Waals surface area contributed by atoms with Gasteiger partial charge in [0.1, 0.15) is 6.61 Å². The third-order valence-corrected chi connectivity index (χ3v) is 9.89. The van der Waals surface area contributed by atoms with E-state index in [-0.39, 0.29) is 36.9 Å². The molecule has 2 saturated carbocycles. The van der Waals surface area contributed by atoms with Crippen molar-refractivity contribution in [3.63, 3.8) is 0 Å². The van der Waals surface area contributed by atoms with Gasteiger partial charge in [0.15, 0.2) is 5.54 Å². The number of carboxylic acid groups (broad SMARTS) is 1. The molecule has 3 aromatic rings. The summed E-state index contributed by atoms with van der Waals surface area (Å²) < 4.78 is 5.73. The molecule has 7 rings (SSSR count). The van der Waals surface area contributed by atoms with Crippen molar-refractivity contribution in [1.29, 1.82) is 0 Å². The van der Waals surface area contributed by atoms with Gasteiger partial charge in [0, 0.05) is 31.6 Å². The third kappa shape index (κ3) is 4.64. The molecule has 1 unspecified atom stereocenters. The fourth-order valence-corrected chi connectivity index (χ4v) is 7.63. The Hall–Kier alpha value is -4.17. The van der Waals surface area contributed by atoms with Crippen molar-refractivity contribution in [2.75, 3.05) is 19.7 Å². The van der Waals surface area contributed by atoms with Crippen LogP contribution in [0.15, 0.2) is 78.9 Å². The highest BCUT2D eigenvalue weighted by atomic mass is 16.5. The molecule has 3 aliphatic carbocycles. The molecule has 0 spiro atoms. The number of carbonyl (C=O) groups is 3. The number of nitrogens with zero attached hydrogens (tertiary/aromatic N) is 1. The first kappa shape index (κ1) is 26.7. The molecule has 8 nitrogen and oxygen atoms in total. The van der Waals surface area contributed by atoms with Gasteiger partial charge in [0.05, 0.1) is 5.41 Å². The first-order chi connectivity index (χ1) is 20.4. The van der Waals surface area contributed by atoms with Gasteiger partial charge in [-0.2, -0.15) is 0 Å². The molecular weight excluding hydrogens is 530 g/mol. The van der Waals surface area contributed by atoms with Crippen LogP contribution < -0.4 is 10.6 Å². The van der Waals surface area contributed by atoms with Crippen LogP contribution in [0.25, 0.3) is 11.1 Å². The summed E-state index contributed by atoms with van der Waals surface area (Å²) in [5, 5.41) is 16.1. The Kier molecular flexibility index (Phi) is 6.54. The van der Waals surface area contributed by atoms with E-state index < -0.39 is 23.0 Å². The Labute approximate surface area is 245 Å². The number of carbonyl (C=O) groups excluding carboxylic acids is 2. The molecule has 3 N–H and O–H groups in total. The lowest BCUT2D eigenvalue weighted by Crippen LogP contribution is -2.58. The van der Waals surface area contributed by atoms with Crippen LogP contribution in [0.3, 0.4) is 0 Å². The van der Waals surface area contributed by atoms with Crippen LogP contribution in [0, 0.1) is 11.3 Å². The number of hydrogen-bond acceptors (Lipinski definition) is 5. The minimum Gasteiger partial charge on any atom is -0.479 e. The Morgan fingerprint density at radius 1 is 0.905 bits per heavy atom.